The number of hydrogen-bond acceptors (Lipinski definition) is 4. The van der Waals surface area contributed by atoms with E-state index in [2.05, 4.69) is 5.32 Å². The number of amides is 3. The van der Waals surface area contributed by atoms with Crippen molar-refractivity contribution in [1.82, 2.24) is 15.1 Å². The molecule has 1 atom stereocenters. The van der Waals surface area contributed by atoms with Crippen LogP contribution in [0.2, 0.25) is 0 Å². The second-order valence-corrected chi connectivity index (χ2v) is 6.54. The first-order chi connectivity index (χ1) is 13.1. The number of ether oxygens (including phenoxy) is 1. The first kappa shape index (κ1) is 17.2. The number of nitrogens with one attached hydrogen (secondary N) is 1. The smallest absolute Gasteiger partial charge is 0.322 e. The minimum absolute atomic E-state index is 0.0906. The van der Waals surface area contributed by atoms with E-state index in [1.807, 2.05) is 37.3 Å². The number of carbonyl (C=O) groups is 2. The van der Waals surface area contributed by atoms with Crippen molar-refractivity contribution in [2.45, 2.75) is 19.5 Å². The van der Waals surface area contributed by atoms with E-state index in [1.54, 1.807) is 24.3 Å². The Bertz CT molecular complexity index is 886. The number of nitrogens with zero attached hydrogens (tertiary/aromatic N) is 2. The average molecular weight is 367 g/mol. The highest BCUT2D eigenvalue weighted by molar-refractivity contribution is 6.01. The zero-order chi connectivity index (χ0) is 19.0. The molecule has 0 saturated heterocycles. The lowest BCUT2D eigenvalue weighted by Crippen LogP contribution is -2.45. The van der Waals surface area contributed by atoms with E-state index in [4.69, 9.17) is 9.15 Å². The molecule has 0 aliphatic carbocycles. The largest absolute Gasteiger partial charge is 0.494 e. The molecule has 3 amide bonds. The molecular formula is C20H21N3O4. The summed E-state index contributed by atoms with van der Waals surface area (Å²) in [4.78, 5) is 28.7. The molecule has 140 valence electrons. The first-order valence-electron chi connectivity index (χ1n) is 8.90. The molecule has 0 fully saturated rings. The zero-order valence-electron chi connectivity index (χ0n) is 15.3. The van der Waals surface area contributed by atoms with Crippen LogP contribution in [0.1, 0.15) is 24.3 Å². The van der Waals surface area contributed by atoms with Crippen molar-refractivity contribution in [2.75, 3.05) is 20.2 Å². The molecule has 1 N–H and O–H groups in total. The van der Waals surface area contributed by atoms with Gasteiger partial charge in [0.15, 0.2) is 0 Å². The van der Waals surface area contributed by atoms with Crippen molar-refractivity contribution >= 4 is 11.9 Å². The lowest BCUT2D eigenvalue weighted by Gasteiger charge is -2.31. The van der Waals surface area contributed by atoms with Gasteiger partial charge in [-0.05, 0) is 36.8 Å². The van der Waals surface area contributed by atoms with Crippen LogP contribution in [-0.4, -0.2) is 41.9 Å². The van der Waals surface area contributed by atoms with Gasteiger partial charge in [0.25, 0.3) is 5.91 Å². The molecule has 4 rings (SSSR count). The highest BCUT2D eigenvalue weighted by Crippen LogP contribution is 2.36. The summed E-state index contributed by atoms with van der Waals surface area (Å²) < 4.78 is 10.8. The average Bonchev–Trinajstić information content (AvgIpc) is 3.29. The third kappa shape index (κ3) is 3.05. The van der Waals surface area contributed by atoms with Gasteiger partial charge in [0.05, 0.1) is 43.3 Å². The van der Waals surface area contributed by atoms with Gasteiger partial charge in [-0.1, -0.05) is 12.1 Å². The Balaban J connectivity index is 1.64. The normalized spacial score (nSPS) is 19.4. The predicted octanol–water partition coefficient (Wildman–Crippen LogP) is 2.67. The molecule has 0 spiro atoms. The van der Waals surface area contributed by atoms with Gasteiger partial charge < -0.3 is 19.4 Å². The van der Waals surface area contributed by atoms with Crippen molar-refractivity contribution < 1.29 is 18.7 Å². The van der Waals surface area contributed by atoms with E-state index < -0.39 is 6.04 Å². The highest BCUT2D eigenvalue weighted by Gasteiger charge is 2.42. The van der Waals surface area contributed by atoms with E-state index in [9.17, 15) is 9.59 Å². The summed E-state index contributed by atoms with van der Waals surface area (Å²) in [5, 5.41) is 2.93. The molecule has 1 aromatic heterocycles. The van der Waals surface area contributed by atoms with E-state index in [0.717, 1.165) is 17.0 Å². The molecular weight excluding hydrogens is 346 g/mol. The molecule has 2 aliphatic rings. The summed E-state index contributed by atoms with van der Waals surface area (Å²) in [5.74, 6) is 1.38. The van der Waals surface area contributed by atoms with Crippen LogP contribution in [0.3, 0.4) is 0 Å². The summed E-state index contributed by atoms with van der Waals surface area (Å²) in [6.45, 7) is 3.26. The van der Waals surface area contributed by atoms with Crippen molar-refractivity contribution in [2.24, 2.45) is 0 Å². The standard InChI is InChI=1S/C20H21N3O4/c1-3-26-14-8-6-13(7-9-14)18-17-16(22(2)20(25)21-18)12-23(19(17)24)11-15-5-4-10-27-15/h4-10,18H,3,11-12H2,1-2H3,(H,21,25). The Morgan fingerprint density at radius 2 is 2.00 bits per heavy atom. The third-order valence-corrected chi connectivity index (χ3v) is 4.89. The molecule has 27 heavy (non-hydrogen) atoms. The summed E-state index contributed by atoms with van der Waals surface area (Å²) in [7, 11) is 1.68. The van der Waals surface area contributed by atoms with Crippen LogP contribution in [0.5, 0.6) is 5.75 Å². The molecule has 1 aromatic carbocycles. The van der Waals surface area contributed by atoms with Crippen molar-refractivity contribution in [3.63, 3.8) is 0 Å². The lowest BCUT2D eigenvalue weighted by molar-refractivity contribution is -0.126. The Labute approximate surface area is 157 Å². The van der Waals surface area contributed by atoms with Gasteiger partial charge in [-0.2, -0.15) is 0 Å². The van der Waals surface area contributed by atoms with E-state index >= 15 is 0 Å². The van der Waals surface area contributed by atoms with Crippen LogP contribution >= 0.6 is 0 Å². The number of hydrogen-bond donors (Lipinski definition) is 1. The Morgan fingerprint density at radius 1 is 1.22 bits per heavy atom. The molecule has 1 unspecified atom stereocenters. The topological polar surface area (TPSA) is 75.0 Å². The first-order valence-corrected chi connectivity index (χ1v) is 8.90. The maximum absolute atomic E-state index is 13.1. The fourth-order valence-electron chi connectivity index (χ4n) is 3.51. The van der Waals surface area contributed by atoms with Crippen LogP contribution in [0.25, 0.3) is 0 Å². The molecule has 0 saturated carbocycles. The minimum atomic E-state index is -0.478. The number of carbonyl (C=O) groups excluding carboxylic acids is 2. The van der Waals surface area contributed by atoms with E-state index in [1.165, 1.54) is 4.90 Å². The SMILES string of the molecule is CCOc1ccc(C2NC(=O)N(C)C3=C2C(=O)N(Cc2ccco2)C3)cc1. The number of rotatable bonds is 5. The van der Waals surface area contributed by atoms with Gasteiger partial charge in [0.1, 0.15) is 11.5 Å². The molecule has 0 bridgehead atoms. The van der Waals surface area contributed by atoms with Crippen molar-refractivity contribution in [1.29, 1.82) is 0 Å². The molecule has 7 heteroatoms. The maximum atomic E-state index is 13.1. The maximum Gasteiger partial charge on any atom is 0.322 e. The Hall–Kier alpha value is -3.22. The van der Waals surface area contributed by atoms with Gasteiger partial charge in [0.2, 0.25) is 0 Å². The Kier molecular flexibility index (Phi) is 4.35. The van der Waals surface area contributed by atoms with E-state index in [-0.39, 0.29) is 11.9 Å². The fourth-order valence-corrected chi connectivity index (χ4v) is 3.51. The lowest BCUT2D eigenvalue weighted by atomic mass is 9.95. The van der Waals surface area contributed by atoms with Gasteiger partial charge in [0, 0.05) is 7.05 Å². The van der Waals surface area contributed by atoms with Crippen molar-refractivity contribution in [3.8, 4) is 5.75 Å². The molecule has 7 nitrogen and oxygen atoms in total. The van der Waals surface area contributed by atoms with Crippen LogP contribution < -0.4 is 10.1 Å². The van der Waals surface area contributed by atoms with Crippen LogP contribution in [0, 0.1) is 0 Å². The molecule has 2 aliphatic heterocycles. The quantitative estimate of drug-likeness (QED) is 0.882. The second-order valence-electron chi connectivity index (χ2n) is 6.54. The van der Waals surface area contributed by atoms with Crippen LogP contribution in [0.15, 0.2) is 58.3 Å². The number of furan rings is 1. The van der Waals surface area contributed by atoms with E-state index in [0.29, 0.717) is 31.0 Å². The molecule has 0 radical (unpaired) electrons. The van der Waals surface area contributed by atoms with Gasteiger partial charge in [-0.25, -0.2) is 4.79 Å². The number of likely N-dealkylation sites (N-methyl/N-ethyl adjacent to an activating group) is 1. The van der Waals surface area contributed by atoms with Crippen molar-refractivity contribution in [3.05, 3.63) is 65.3 Å². The van der Waals surface area contributed by atoms with Gasteiger partial charge in [-0.3, -0.25) is 9.69 Å². The summed E-state index contributed by atoms with van der Waals surface area (Å²) in [6.07, 6.45) is 1.59. The highest BCUT2D eigenvalue weighted by atomic mass is 16.5. The zero-order valence-corrected chi connectivity index (χ0v) is 15.3. The molecule has 2 aromatic rings. The third-order valence-electron chi connectivity index (χ3n) is 4.89. The predicted molar refractivity (Wildman–Crippen MR) is 97.8 cm³/mol. The van der Waals surface area contributed by atoms with Gasteiger partial charge in [-0.15, -0.1) is 0 Å². The van der Waals surface area contributed by atoms with Crippen LogP contribution in [-0.2, 0) is 11.3 Å². The Morgan fingerprint density at radius 3 is 2.67 bits per heavy atom. The van der Waals surface area contributed by atoms with Gasteiger partial charge >= 0.3 is 6.03 Å². The number of benzene rings is 1. The fraction of sp³-hybridized carbons (Fsp3) is 0.300. The minimum Gasteiger partial charge on any atom is -0.494 e. The summed E-state index contributed by atoms with van der Waals surface area (Å²) in [6, 6.07) is 10.4. The second kappa shape index (κ2) is 6.83. The summed E-state index contributed by atoms with van der Waals surface area (Å²) >= 11 is 0. The monoisotopic (exact) mass is 367 g/mol. The molecule has 3 heterocycles. The number of urea groups is 1. The summed E-state index contributed by atoms with van der Waals surface area (Å²) in [5.41, 5.74) is 2.18. The van der Waals surface area contributed by atoms with Crippen LogP contribution in [0.4, 0.5) is 4.79 Å².